The minimum Gasteiger partial charge on any atom is -0.306 e. The molecule has 0 radical (unpaired) electrons. The molecule has 0 atom stereocenters. The number of urea groups is 1. The largest absolute Gasteiger partial charge is 0.334 e. The van der Waals surface area contributed by atoms with Crippen LogP contribution in [0.5, 0.6) is 0 Å². The SMILES string of the molecule is O=C(Nc1ccc(-n2c(=O)[nH]c3ccc(Br)cc3c2=O)nc1)NS(=O)(=O)c1ccc(Cl)s1. The zero-order valence-corrected chi connectivity index (χ0v) is 19.6. The Morgan fingerprint density at radius 3 is 2.59 bits per heavy atom. The van der Waals surface area contributed by atoms with Crippen LogP contribution < -0.4 is 21.3 Å². The number of pyridine rings is 1. The molecule has 0 aliphatic heterocycles. The molecule has 0 aliphatic carbocycles. The summed E-state index contributed by atoms with van der Waals surface area (Å²) in [7, 11) is -4.09. The predicted octanol–water partition coefficient (Wildman–Crippen LogP) is 3.06. The van der Waals surface area contributed by atoms with Crippen LogP contribution in [-0.4, -0.2) is 29.0 Å². The van der Waals surface area contributed by atoms with Gasteiger partial charge < -0.3 is 10.3 Å². The van der Waals surface area contributed by atoms with Crippen LogP contribution in [0.1, 0.15) is 0 Å². The second-order valence-electron chi connectivity index (χ2n) is 6.28. The summed E-state index contributed by atoms with van der Waals surface area (Å²) in [6, 6.07) is 9.23. The molecular weight excluding hydrogens is 546 g/mol. The molecule has 0 fully saturated rings. The van der Waals surface area contributed by atoms with E-state index in [9.17, 15) is 22.8 Å². The van der Waals surface area contributed by atoms with Gasteiger partial charge in [0.1, 0.15) is 10.0 Å². The summed E-state index contributed by atoms with van der Waals surface area (Å²) >= 11 is 9.81. The van der Waals surface area contributed by atoms with Crippen molar-refractivity contribution in [1.82, 2.24) is 19.3 Å². The quantitative estimate of drug-likeness (QED) is 0.353. The Labute approximate surface area is 197 Å². The molecule has 164 valence electrons. The molecule has 32 heavy (non-hydrogen) atoms. The van der Waals surface area contributed by atoms with Gasteiger partial charge in [-0.05, 0) is 42.5 Å². The number of hydrogen-bond acceptors (Lipinski definition) is 7. The molecule has 3 N–H and O–H groups in total. The van der Waals surface area contributed by atoms with E-state index < -0.39 is 27.3 Å². The van der Waals surface area contributed by atoms with Crippen molar-refractivity contribution in [3.63, 3.8) is 0 Å². The third kappa shape index (κ3) is 4.46. The number of amides is 2. The molecule has 0 spiro atoms. The van der Waals surface area contributed by atoms with Gasteiger partial charge in [0, 0.05) is 4.47 Å². The van der Waals surface area contributed by atoms with Crippen LogP contribution in [0.4, 0.5) is 10.5 Å². The molecule has 3 aromatic heterocycles. The molecule has 0 unspecified atom stereocenters. The Morgan fingerprint density at radius 2 is 1.94 bits per heavy atom. The third-order valence-corrected chi connectivity index (χ3v) is 7.68. The summed E-state index contributed by atoms with van der Waals surface area (Å²) in [5, 5.41) is 2.60. The summed E-state index contributed by atoms with van der Waals surface area (Å²) in [4.78, 5) is 43.9. The molecule has 0 bridgehead atoms. The van der Waals surface area contributed by atoms with Gasteiger partial charge in [-0.2, -0.15) is 0 Å². The van der Waals surface area contributed by atoms with Crippen molar-refractivity contribution in [3.8, 4) is 5.82 Å². The number of thiophene rings is 1. The van der Waals surface area contributed by atoms with Gasteiger partial charge in [-0.3, -0.25) is 4.79 Å². The fourth-order valence-electron chi connectivity index (χ4n) is 2.76. The van der Waals surface area contributed by atoms with Crippen molar-refractivity contribution in [2.45, 2.75) is 4.21 Å². The molecule has 0 saturated heterocycles. The van der Waals surface area contributed by atoms with E-state index in [1.807, 2.05) is 4.72 Å². The van der Waals surface area contributed by atoms with Gasteiger partial charge in [-0.1, -0.05) is 27.5 Å². The number of anilines is 1. The highest BCUT2D eigenvalue weighted by Gasteiger charge is 2.20. The standard InChI is InChI=1S/C18H11BrClN5O5S2/c19-9-1-3-12-11(7-9)16(26)25(18(28)23-12)14-5-2-10(8-21-14)22-17(27)24-32(29,30)15-6-4-13(20)31-15/h1-8H,(H,23,28)(H2,22,24,27). The highest BCUT2D eigenvalue weighted by molar-refractivity contribution is 9.10. The van der Waals surface area contributed by atoms with E-state index in [2.05, 4.69) is 31.2 Å². The first kappa shape index (κ1) is 22.2. The minimum absolute atomic E-state index is 0.0185. The van der Waals surface area contributed by atoms with E-state index >= 15 is 0 Å². The van der Waals surface area contributed by atoms with Crippen molar-refractivity contribution in [3.05, 3.63) is 78.3 Å². The van der Waals surface area contributed by atoms with Crippen molar-refractivity contribution >= 4 is 71.5 Å². The monoisotopic (exact) mass is 555 g/mol. The number of aromatic nitrogens is 3. The first-order valence-electron chi connectivity index (χ1n) is 8.64. The van der Waals surface area contributed by atoms with Crippen LogP contribution in [0.3, 0.4) is 0 Å². The second kappa shape index (κ2) is 8.50. The van der Waals surface area contributed by atoms with Gasteiger partial charge in [0.15, 0.2) is 0 Å². The van der Waals surface area contributed by atoms with Gasteiger partial charge in [0.05, 0.1) is 27.1 Å². The zero-order chi connectivity index (χ0) is 23.0. The zero-order valence-electron chi connectivity index (χ0n) is 15.6. The number of aromatic amines is 1. The number of sulfonamides is 1. The maximum absolute atomic E-state index is 12.8. The first-order chi connectivity index (χ1) is 15.1. The minimum atomic E-state index is -4.09. The number of rotatable bonds is 4. The second-order valence-corrected chi connectivity index (χ2v) is 10.8. The molecule has 14 heteroatoms. The van der Waals surface area contributed by atoms with Crippen molar-refractivity contribution in [2.24, 2.45) is 0 Å². The fraction of sp³-hybridized carbons (Fsp3) is 0. The lowest BCUT2D eigenvalue weighted by molar-refractivity contribution is 0.256. The van der Waals surface area contributed by atoms with Gasteiger partial charge in [0.25, 0.3) is 15.6 Å². The molecule has 4 rings (SSSR count). The lowest BCUT2D eigenvalue weighted by Gasteiger charge is -2.09. The summed E-state index contributed by atoms with van der Waals surface area (Å²) in [5.74, 6) is 0.0185. The number of fused-ring (bicyclic) bond motifs is 1. The normalized spacial score (nSPS) is 11.4. The van der Waals surface area contributed by atoms with Gasteiger partial charge in [-0.15, -0.1) is 11.3 Å². The van der Waals surface area contributed by atoms with Crippen LogP contribution in [-0.2, 0) is 10.0 Å². The van der Waals surface area contributed by atoms with Crippen LogP contribution in [0, 0.1) is 0 Å². The van der Waals surface area contributed by atoms with E-state index in [4.69, 9.17) is 11.6 Å². The average Bonchev–Trinajstić information content (AvgIpc) is 3.17. The number of nitrogens with one attached hydrogen (secondary N) is 3. The number of halogens is 2. The van der Waals surface area contributed by atoms with Crippen molar-refractivity contribution in [2.75, 3.05) is 5.32 Å². The lowest BCUT2D eigenvalue weighted by Crippen LogP contribution is -2.35. The smallest absolute Gasteiger partial charge is 0.306 e. The van der Waals surface area contributed by atoms with Gasteiger partial charge in [-0.25, -0.2) is 32.3 Å². The highest BCUT2D eigenvalue weighted by atomic mass is 79.9. The number of H-pyrrole nitrogens is 1. The van der Waals surface area contributed by atoms with E-state index in [0.717, 1.165) is 15.9 Å². The van der Waals surface area contributed by atoms with Crippen LogP contribution in [0.25, 0.3) is 16.7 Å². The maximum Gasteiger partial charge on any atom is 0.334 e. The first-order valence-corrected chi connectivity index (χ1v) is 12.1. The number of carbonyl (C=O) groups excluding carboxylic acids is 1. The molecule has 0 saturated carbocycles. The molecule has 3 heterocycles. The Balaban J connectivity index is 1.57. The third-order valence-electron chi connectivity index (χ3n) is 4.14. The Morgan fingerprint density at radius 1 is 1.16 bits per heavy atom. The van der Waals surface area contributed by atoms with E-state index in [0.29, 0.717) is 9.99 Å². The lowest BCUT2D eigenvalue weighted by atomic mass is 10.2. The van der Waals surface area contributed by atoms with Crippen LogP contribution in [0.2, 0.25) is 4.34 Å². The number of benzene rings is 1. The van der Waals surface area contributed by atoms with Crippen molar-refractivity contribution in [1.29, 1.82) is 0 Å². The highest BCUT2D eigenvalue weighted by Crippen LogP contribution is 2.25. The maximum atomic E-state index is 12.8. The van der Waals surface area contributed by atoms with Gasteiger partial charge >= 0.3 is 11.7 Å². The average molecular weight is 557 g/mol. The molecule has 4 aromatic rings. The number of carbonyl (C=O) groups is 1. The Bertz CT molecular complexity index is 1580. The van der Waals surface area contributed by atoms with E-state index in [1.54, 1.807) is 18.2 Å². The van der Waals surface area contributed by atoms with E-state index in [-0.39, 0.29) is 25.4 Å². The number of nitrogens with zero attached hydrogens (tertiary/aromatic N) is 2. The Kier molecular flexibility index (Phi) is 5.90. The van der Waals surface area contributed by atoms with Crippen LogP contribution >= 0.6 is 38.9 Å². The summed E-state index contributed by atoms with van der Waals surface area (Å²) in [6.45, 7) is 0. The fourth-order valence-corrected chi connectivity index (χ4v) is 5.51. The Hall–Kier alpha value is -3.00. The van der Waals surface area contributed by atoms with E-state index in [1.165, 1.54) is 30.5 Å². The molecule has 1 aromatic carbocycles. The van der Waals surface area contributed by atoms with Gasteiger partial charge in [0.2, 0.25) is 0 Å². The molecular formula is C18H11BrClN5O5S2. The topological polar surface area (TPSA) is 143 Å². The number of hydrogen-bond donors (Lipinski definition) is 3. The summed E-state index contributed by atoms with van der Waals surface area (Å²) in [6.07, 6.45) is 1.18. The molecule has 2 amide bonds. The molecule has 10 nitrogen and oxygen atoms in total. The predicted molar refractivity (Wildman–Crippen MR) is 124 cm³/mol. The van der Waals surface area contributed by atoms with Crippen LogP contribution in [0.15, 0.2) is 66.9 Å². The summed E-state index contributed by atoms with van der Waals surface area (Å²) in [5.41, 5.74) is -0.741. The molecule has 0 aliphatic rings. The summed E-state index contributed by atoms with van der Waals surface area (Å²) < 4.78 is 27.9. The van der Waals surface area contributed by atoms with Crippen molar-refractivity contribution < 1.29 is 13.2 Å².